The highest BCUT2D eigenvalue weighted by atomic mass is 35.5. The van der Waals surface area contributed by atoms with Crippen LogP contribution in [0.1, 0.15) is 10.5 Å². The van der Waals surface area contributed by atoms with Crippen LogP contribution in [0.4, 0.5) is 0 Å². The molecule has 0 saturated carbocycles. The third-order valence-electron chi connectivity index (χ3n) is 2.00. The van der Waals surface area contributed by atoms with Crippen molar-refractivity contribution in [1.82, 2.24) is 9.78 Å². The number of fused-ring (bicyclic) bond motifs is 1. The molecule has 1 aromatic heterocycles. The minimum atomic E-state index is -0.989. The SMILES string of the molecule is Cn1nc2cc(Cl)ccc2c1C(=O)O. The second-order valence-corrected chi connectivity index (χ2v) is 3.38. The molecule has 0 spiro atoms. The number of carbonyl (C=O) groups is 1. The first-order chi connectivity index (χ1) is 6.59. The lowest BCUT2D eigenvalue weighted by Gasteiger charge is -1.94. The molecule has 0 amide bonds. The molecule has 2 rings (SSSR count). The minimum Gasteiger partial charge on any atom is -0.477 e. The van der Waals surface area contributed by atoms with Crippen LogP contribution in [0.3, 0.4) is 0 Å². The Hall–Kier alpha value is -1.55. The number of benzene rings is 1. The first kappa shape index (κ1) is 9.02. The molecular formula is C9H7ClN2O2. The standard InChI is InChI=1S/C9H7ClN2O2/c1-12-8(9(13)14)6-3-2-5(10)4-7(6)11-12/h2-4H,1H3,(H,13,14). The molecule has 0 aliphatic carbocycles. The highest BCUT2D eigenvalue weighted by Crippen LogP contribution is 2.21. The van der Waals surface area contributed by atoms with E-state index in [2.05, 4.69) is 5.10 Å². The van der Waals surface area contributed by atoms with Crippen LogP contribution in [0.25, 0.3) is 10.9 Å². The summed E-state index contributed by atoms with van der Waals surface area (Å²) in [5.41, 5.74) is 0.772. The maximum Gasteiger partial charge on any atom is 0.354 e. The Bertz CT molecular complexity index is 519. The fourth-order valence-electron chi connectivity index (χ4n) is 1.43. The number of carboxylic acids is 1. The summed E-state index contributed by atoms with van der Waals surface area (Å²) in [6, 6.07) is 4.95. The molecule has 0 fully saturated rings. The second-order valence-electron chi connectivity index (χ2n) is 2.94. The largest absolute Gasteiger partial charge is 0.477 e. The van der Waals surface area contributed by atoms with Crippen LogP contribution in [0.2, 0.25) is 5.02 Å². The third-order valence-corrected chi connectivity index (χ3v) is 2.23. The van der Waals surface area contributed by atoms with Gasteiger partial charge in [0.15, 0.2) is 5.69 Å². The van der Waals surface area contributed by atoms with E-state index >= 15 is 0 Å². The van der Waals surface area contributed by atoms with Crippen LogP contribution in [0, 0.1) is 0 Å². The van der Waals surface area contributed by atoms with E-state index in [4.69, 9.17) is 16.7 Å². The zero-order valence-corrected chi connectivity index (χ0v) is 8.12. The number of halogens is 1. The maximum absolute atomic E-state index is 10.9. The highest BCUT2D eigenvalue weighted by molar-refractivity contribution is 6.31. The van der Waals surface area contributed by atoms with E-state index in [0.717, 1.165) is 0 Å². The van der Waals surface area contributed by atoms with Gasteiger partial charge in [0.25, 0.3) is 0 Å². The Morgan fingerprint density at radius 1 is 1.57 bits per heavy atom. The van der Waals surface area contributed by atoms with E-state index in [1.165, 1.54) is 4.68 Å². The lowest BCUT2D eigenvalue weighted by Crippen LogP contribution is -2.05. The second kappa shape index (κ2) is 2.99. The lowest BCUT2D eigenvalue weighted by molar-refractivity contribution is 0.0687. The molecule has 0 radical (unpaired) electrons. The fourth-order valence-corrected chi connectivity index (χ4v) is 1.59. The molecule has 0 bridgehead atoms. The maximum atomic E-state index is 10.9. The van der Waals surface area contributed by atoms with Crippen molar-refractivity contribution in [2.75, 3.05) is 0 Å². The van der Waals surface area contributed by atoms with E-state index in [9.17, 15) is 4.79 Å². The van der Waals surface area contributed by atoms with Gasteiger partial charge in [-0.2, -0.15) is 5.10 Å². The molecule has 0 aliphatic rings. The van der Waals surface area contributed by atoms with Crippen molar-refractivity contribution in [2.24, 2.45) is 7.05 Å². The van der Waals surface area contributed by atoms with Crippen LogP contribution < -0.4 is 0 Å². The highest BCUT2D eigenvalue weighted by Gasteiger charge is 2.14. The van der Waals surface area contributed by atoms with E-state index in [1.54, 1.807) is 25.2 Å². The predicted molar refractivity (Wildman–Crippen MR) is 52.7 cm³/mol. The van der Waals surface area contributed by atoms with Gasteiger partial charge >= 0.3 is 5.97 Å². The Morgan fingerprint density at radius 2 is 2.29 bits per heavy atom. The average Bonchev–Trinajstić information content (AvgIpc) is 2.39. The Morgan fingerprint density at radius 3 is 2.93 bits per heavy atom. The van der Waals surface area contributed by atoms with Crippen molar-refractivity contribution in [2.45, 2.75) is 0 Å². The Kier molecular flexibility index (Phi) is 1.93. The molecular weight excluding hydrogens is 204 g/mol. The molecule has 0 saturated heterocycles. The molecule has 1 heterocycles. The van der Waals surface area contributed by atoms with Crippen molar-refractivity contribution < 1.29 is 9.90 Å². The van der Waals surface area contributed by atoms with Gasteiger partial charge in [-0.15, -0.1) is 0 Å². The lowest BCUT2D eigenvalue weighted by atomic mass is 10.2. The molecule has 1 N–H and O–H groups in total. The molecule has 0 atom stereocenters. The van der Waals surface area contributed by atoms with E-state index in [-0.39, 0.29) is 5.69 Å². The molecule has 4 nitrogen and oxygen atoms in total. The fraction of sp³-hybridized carbons (Fsp3) is 0.111. The van der Waals surface area contributed by atoms with Crippen LogP contribution in [0.5, 0.6) is 0 Å². The van der Waals surface area contributed by atoms with Crippen molar-refractivity contribution in [3.8, 4) is 0 Å². The Balaban J connectivity index is 2.84. The first-order valence-electron chi connectivity index (χ1n) is 3.95. The molecule has 1 aromatic carbocycles. The quantitative estimate of drug-likeness (QED) is 0.783. The molecule has 0 unspecified atom stereocenters. The number of nitrogens with zero attached hydrogens (tertiary/aromatic N) is 2. The van der Waals surface area contributed by atoms with E-state index in [1.807, 2.05) is 0 Å². The summed E-state index contributed by atoms with van der Waals surface area (Å²) >= 11 is 5.76. The number of aromatic nitrogens is 2. The number of aromatic carboxylic acids is 1. The van der Waals surface area contributed by atoms with Crippen LogP contribution in [-0.2, 0) is 7.05 Å². The van der Waals surface area contributed by atoms with Crippen LogP contribution in [0.15, 0.2) is 18.2 Å². The van der Waals surface area contributed by atoms with Gasteiger partial charge in [-0.05, 0) is 18.2 Å². The monoisotopic (exact) mass is 210 g/mol. The van der Waals surface area contributed by atoms with Crippen molar-refractivity contribution in [1.29, 1.82) is 0 Å². The average molecular weight is 211 g/mol. The molecule has 5 heteroatoms. The normalized spacial score (nSPS) is 10.7. The van der Waals surface area contributed by atoms with Gasteiger partial charge in [0, 0.05) is 17.5 Å². The number of hydrogen-bond donors (Lipinski definition) is 1. The summed E-state index contributed by atoms with van der Waals surface area (Å²) in [4.78, 5) is 10.9. The number of rotatable bonds is 1. The Labute approximate surface area is 84.7 Å². The number of carboxylic acid groups (broad SMARTS) is 1. The zero-order chi connectivity index (χ0) is 10.3. The topological polar surface area (TPSA) is 55.1 Å². The summed E-state index contributed by atoms with van der Waals surface area (Å²) in [7, 11) is 1.59. The summed E-state index contributed by atoms with van der Waals surface area (Å²) in [5, 5.41) is 14.1. The van der Waals surface area contributed by atoms with Gasteiger partial charge in [-0.25, -0.2) is 4.79 Å². The summed E-state index contributed by atoms with van der Waals surface area (Å²) in [5.74, 6) is -0.989. The molecule has 0 aliphatic heterocycles. The van der Waals surface area contributed by atoms with Gasteiger partial charge < -0.3 is 5.11 Å². The summed E-state index contributed by atoms with van der Waals surface area (Å²) < 4.78 is 1.34. The van der Waals surface area contributed by atoms with Crippen molar-refractivity contribution in [3.63, 3.8) is 0 Å². The van der Waals surface area contributed by atoms with Gasteiger partial charge in [-0.1, -0.05) is 11.6 Å². The van der Waals surface area contributed by atoms with Gasteiger partial charge in [-0.3, -0.25) is 4.68 Å². The van der Waals surface area contributed by atoms with Gasteiger partial charge in [0.2, 0.25) is 0 Å². The summed E-state index contributed by atoms with van der Waals surface area (Å²) in [6.07, 6.45) is 0. The van der Waals surface area contributed by atoms with Crippen molar-refractivity contribution in [3.05, 3.63) is 28.9 Å². The van der Waals surface area contributed by atoms with Gasteiger partial charge in [0.05, 0.1) is 5.52 Å². The summed E-state index contributed by atoms with van der Waals surface area (Å²) in [6.45, 7) is 0. The minimum absolute atomic E-state index is 0.177. The zero-order valence-electron chi connectivity index (χ0n) is 7.36. The smallest absolute Gasteiger partial charge is 0.354 e. The van der Waals surface area contributed by atoms with E-state index in [0.29, 0.717) is 15.9 Å². The number of aryl methyl sites for hydroxylation is 1. The van der Waals surface area contributed by atoms with Crippen LogP contribution in [-0.4, -0.2) is 20.9 Å². The molecule has 14 heavy (non-hydrogen) atoms. The predicted octanol–water partition coefficient (Wildman–Crippen LogP) is 1.92. The number of hydrogen-bond acceptors (Lipinski definition) is 2. The van der Waals surface area contributed by atoms with Crippen molar-refractivity contribution >= 4 is 28.5 Å². The first-order valence-corrected chi connectivity index (χ1v) is 4.33. The van der Waals surface area contributed by atoms with Crippen LogP contribution >= 0.6 is 11.6 Å². The van der Waals surface area contributed by atoms with E-state index < -0.39 is 5.97 Å². The molecule has 2 aromatic rings. The third kappa shape index (κ3) is 1.24. The van der Waals surface area contributed by atoms with Gasteiger partial charge in [0.1, 0.15) is 0 Å². The molecule has 72 valence electrons.